The van der Waals surface area contributed by atoms with Crippen molar-refractivity contribution in [2.75, 3.05) is 99.8 Å². The number of H-pyrrole nitrogens is 1. The highest BCUT2D eigenvalue weighted by molar-refractivity contribution is 7.71. The molecule has 0 bridgehead atoms. The lowest BCUT2D eigenvalue weighted by Gasteiger charge is -2.34. The monoisotopic (exact) mass is 2110 g/mol. The summed E-state index contributed by atoms with van der Waals surface area (Å²) >= 11 is 35.0. The van der Waals surface area contributed by atoms with Gasteiger partial charge < -0.3 is 50.4 Å². The van der Waals surface area contributed by atoms with Crippen molar-refractivity contribution in [3.05, 3.63) is 413 Å². The first-order chi connectivity index (χ1) is 71.2. The summed E-state index contributed by atoms with van der Waals surface area (Å²) in [5.74, 6) is 1.33. The van der Waals surface area contributed by atoms with Gasteiger partial charge in [-0.1, -0.05) is 131 Å². The molecule has 30 nitrogen and oxygen atoms in total. The van der Waals surface area contributed by atoms with Crippen molar-refractivity contribution in [1.82, 2.24) is 82.2 Å². The minimum atomic E-state index is -0.358. The summed E-state index contributed by atoms with van der Waals surface area (Å²) in [5.41, 5.74) is 8.73. The number of aromatic amines is 1. The van der Waals surface area contributed by atoms with Crippen LogP contribution in [0.3, 0.4) is 0 Å². The van der Waals surface area contributed by atoms with Gasteiger partial charge in [0, 0.05) is 125 Å². The number of benzene rings is 10. The van der Waals surface area contributed by atoms with E-state index in [4.69, 9.17) is 70.2 Å². The van der Waals surface area contributed by atoms with Gasteiger partial charge in [-0.3, -0.25) is 22.8 Å². The number of rotatable bonds is 25. The lowest BCUT2D eigenvalue weighted by atomic mass is 9.97. The quantitative estimate of drug-likeness (QED) is 0.0262. The highest BCUT2D eigenvalue weighted by Crippen LogP contribution is 2.37. The van der Waals surface area contributed by atoms with Crippen LogP contribution in [0.2, 0.25) is 25.1 Å². The first-order valence-electron chi connectivity index (χ1n) is 48.1. The molecule has 41 heteroatoms. The number of fused-ring (bicyclic) bond motifs is 1. The number of aromatic nitrogens is 17. The van der Waals surface area contributed by atoms with Crippen LogP contribution in [0.1, 0.15) is 110 Å². The number of hydrogen-bond acceptors (Lipinski definition) is 24. The van der Waals surface area contributed by atoms with Crippen molar-refractivity contribution >= 4 is 128 Å². The van der Waals surface area contributed by atoms with Crippen LogP contribution in [0.5, 0.6) is 0 Å². The summed E-state index contributed by atoms with van der Waals surface area (Å²) in [7, 11) is 0. The maximum absolute atomic E-state index is 13.5. The number of piperidine rings is 3. The lowest BCUT2D eigenvalue weighted by Crippen LogP contribution is -2.42. The Bertz CT molecular complexity index is 7350. The zero-order valence-electron chi connectivity index (χ0n) is 79.5. The topological polar surface area (TPSA) is 321 Å². The summed E-state index contributed by atoms with van der Waals surface area (Å²) in [6.07, 6.45) is 17.0. The Kier molecular flexibility index (Phi) is 35.0. The lowest BCUT2D eigenvalue weighted by molar-refractivity contribution is 0.397. The molecule has 2 unspecified atom stereocenters. The molecular formula is C106H103Cl5F5N25O5S. The van der Waals surface area contributed by atoms with E-state index in [0.29, 0.717) is 129 Å². The molecule has 0 radical (unpaired) electrons. The number of anilines is 8. The SMILES string of the molecule is O=c1nc(N2CCC(n3c(=S)[nH]c4cc(F)ccc43)CC2)ncn1Cc1ccc(Cl)cc1.O=c1nc(NC2CCC(c3ccc(F)cc3)C2)ncn1Cc1ccc(Cl)cc1.O=c1nc(NC[C@@H]2CCN(c3ccc(F)cc3)C2)ncn1Cc1ccc(Cl)cc1.O=c1nc(N[C@@H]2CCCN(c3ccc(F)cc3)C2)ncn1Cc1ccc(Cl)cc1.O=c1nc(N[C@H]2CCCN(c3ccc(F)cc3)C2)ncn1Cc1ccc(Cl)cc1. The summed E-state index contributed by atoms with van der Waals surface area (Å²) < 4.78 is 76.0. The zero-order valence-corrected chi connectivity index (χ0v) is 84.1. The van der Waals surface area contributed by atoms with E-state index in [1.54, 1.807) is 103 Å². The van der Waals surface area contributed by atoms with Crippen LogP contribution in [0.4, 0.5) is 68.8 Å². The molecular weight excluding hydrogens is 2010 g/mol. The van der Waals surface area contributed by atoms with E-state index < -0.39 is 0 Å². The van der Waals surface area contributed by atoms with E-state index in [-0.39, 0.29) is 81.7 Å². The highest BCUT2D eigenvalue weighted by atomic mass is 35.5. The third-order valence-electron chi connectivity index (χ3n) is 26.0. The third-order valence-corrected chi connectivity index (χ3v) is 27.5. The average molecular weight is 2110 g/mol. The Balaban J connectivity index is 0.000000126. The highest BCUT2D eigenvalue weighted by Gasteiger charge is 2.31. The fourth-order valence-corrected chi connectivity index (χ4v) is 19.3. The Morgan fingerprint density at radius 3 is 1.07 bits per heavy atom. The van der Waals surface area contributed by atoms with Crippen LogP contribution < -0.4 is 69.3 Å². The largest absolute Gasteiger partial charge is 0.371 e. The van der Waals surface area contributed by atoms with Gasteiger partial charge in [-0.2, -0.15) is 24.9 Å². The molecule has 5 fully saturated rings. The summed E-state index contributed by atoms with van der Waals surface area (Å²) in [6, 6.07) is 68.1. The molecule has 16 aromatic rings. The summed E-state index contributed by atoms with van der Waals surface area (Å²) in [4.78, 5) is 116. The van der Waals surface area contributed by atoms with Crippen LogP contribution in [0, 0.1) is 39.8 Å². The number of nitrogens with zero attached hydrogens (tertiary/aromatic N) is 20. The summed E-state index contributed by atoms with van der Waals surface area (Å²) in [6.45, 7) is 9.10. The Labute approximate surface area is 872 Å². The van der Waals surface area contributed by atoms with Gasteiger partial charge in [0.05, 0.1) is 43.8 Å². The Morgan fingerprint density at radius 2 is 0.680 bits per heavy atom. The van der Waals surface area contributed by atoms with E-state index in [1.165, 1.54) is 115 Å². The van der Waals surface area contributed by atoms with Gasteiger partial charge in [-0.15, -0.1) is 0 Å². The first-order valence-corrected chi connectivity index (χ1v) is 50.4. The zero-order chi connectivity index (χ0) is 102. The molecule has 5 N–H and O–H groups in total. The third kappa shape index (κ3) is 29.2. The first kappa shape index (κ1) is 104. The molecule has 1 saturated carbocycles. The van der Waals surface area contributed by atoms with E-state index >= 15 is 0 Å². The van der Waals surface area contributed by atoms with Crippen LogP contribution in [-0.2, 0) is 32.7 Å². The fraction of sp³-hybridized carbons (Fsp3) is 0.283. The van der Waals surface area contributed by atoms with Gasteiger partial charge in [0.15, 0.2) is 4.77 Å². The molecule has 0 amide bonds. The Morgan fingerprint density at radius 1 is 0.340 bits per heavy atom. The van der Waals surface area contributed by atoms with Gasteiger partial charge in [0.25, 0.3) is 0 Å². The summed E-state index contributed by atoms with van der Waals surface area (Å²) in [5, 5.41) is 16.2. The molecule has 10 aromatic carbocycles. The Hall–Kier alpha value is -14.6. The molecule has 1 aliphatic carbocycles. The molecule has 5 aliphatic rings. The molecule has 10 heterocycles. The predicted octanol–water partition coefficient (Wildman–Crippen LogP) is 19.1. The maximum Gasteiger partial charge on any atom is 0.352 e. The van der Waals surface area contributed by atoms with Crippen LogP contribution in [-0.4, -0.2) is 159 Å². The maximum atomic E-state index is 13.5. The van der Waals surface area contributed by atoms with Gasteiger partial charge >= 0.3 is 28.4 Å². The van der Waals surface area contributed by atoms with Gasteiger partial charge in [0.2, 0.25) is 29.7 Å². The molecule has 4 aliphatic heterocycles. The number of imidazole rings is 1. The van der Waals surface area contributed by atoms with Crippen molar-refractivity contribution in [2.45, 2.75) is 127 Å². The van der Waals surface area contributed by atoms with Crippen molar-refractivity contribution in [1.29, 1.82) is 0 Å². The average Bonchev–Trinajstić information content (AvgIpc) is 1.63. The minimum absolute atomic E-state index is 0.111. The standard InChI is InChI=1S/C22H20ClFN6OS.3C21H21ClFN5O.C21H20ClFN4O/c23-15-3-1-14(2-4-15)12-29-13-25-20(27-21(29)31)28-9-7-17(8-10-28)30-19-6-5-16(24)11-18(19)26-22(30)32;22-17-3-1-15(2-4-17)12-28-14-25-20(26-21(28)29)24-11-16-9-10-27(13-16)19-7-5-18(23)6-8-19;2*22-16-5-3-15(4-6-16)12-28-14-24-20(26-21(28)29)25-18-2-1-11-27(13-18)19-9-7-17(23)8-10-19;22-17-6-1-14(2-7-17)12-27-13-24-20(26-21(27)28)25-19-10-5-16(11-19)15-3-8-18(23)9-4-15/h1-6,11,13,17H,7-10,12H2,(H,26,32);1-8,14,16H,9-13H2,(H,24,26,29);2*3-10,14,18H,1-2,11-13H2,(H,25,26,29);1-4,6-9,13,16,19H,5,10-12H2,(H,25,26,28)/t;16-;2*18-;/m.010./s1. The smallest absolute Gasteiger partial charge is 0.352 e. The molecule has 5 atom stereocenters. The molecule has 758 valence electrons. The molecule has 6 aromatic heterocycles. The van der Waals surface area contributed by atoms with Crippen LogP contribution in [0.25, 0.3) is 11.0 Å². The van der Waals surface area contributed by atoms with Gasteiger partial charge in [-0.05, 0) is 285 Å². The molecule has 21 rings (SSSR count). The molecule has 0 spiro atoms. The van der Waals surface area contributed by atoms with E-state index in [0.717, 1.165) is 159 Å². The second-order valence-electron chi connectivity index (χ2n) is 36.4. The van der Waals surface area contributed by atoms with Crippen molar-refractivity contribution in [3.8, 4) is 0 Å². The number of nitrogens with one attached hydrogen (secondary N) is 5. The van der Waals surface area contributed by atoms with Gasteiger partial charge in [0.1, 0.15) is 60.7 Å². The molecule has 4 saturated heterocycles. The van der Waals surface area contributed by atoms with Crippen molar-refractivity contribution in [3.63, 3.8) is 0 Å². The second kappa shape index (κ2) is 49.6. The van der Waals surface area contributed by atoms with E-state index in [2.05, 4.69) is 95.4 Å². The van der Waals surface area contributed by atoms with Crippen LogP contribution >= 0.6 is 70.2 Å². The second-order valence-corrected chi connectivity index (χ2v) is 39.0. The van der Waals surface area contributed by atoms with Crippen LogP contribution in [0.15, 0.2) is 292 Å². The number of hydrogen-bond donors (Lipinski definition) is 5. The fourth-order valence-electron chi connectivity index (χ4n) is 18.3. The molecule has 147 heavy (non-hydrogen) atoms. The van der Waals surface area contributed by atoms with E-state index in [1.807, 2.05) is 77.7 Å². The van der Waals surface area contributed by atoms with E-state index in [9.17, 15) is 45.9 Å². The van der Waals surface area contributed by atoms with Crippen molar-refractivity contribution < 1.29 is 22.0 Å². The van der Waals surface area contributed by atoms with Gasteiger partial charge in [-0.25, -0.2) is 70.8 Å². The van der Waals surface area contributed by atoms with Crippen molar-refractivity contribution in [2.24, 2.45) is 5.92 Å². The normalized spacial score (nSPS) is 16.6. The predicted molar refractivity (Wildman–Crippen MR) is 568 cm³/mol. The minimum Gasteiger partial charge on any atom is -0.371 e. The number of halogens is 10.